The van der Waals surface area contributed by atoms with Gasteiger partial charge in [0.05, 0.1) is 18.8 Å². The highest BCUT2D eigenvalue weighted by atomic mass is 16.5. The summed E-state index contributed by atoms with van der Waals surface area (Å²) in [5.41, 5.74) is 10.3. The third-order valence-corrected chi connectivity index (χ3v) is 1.36. The summed E-state index contributed by atoms with van der Waals surface area (Å²) in [6.07, 6.45) is 0.338. The summed E-state index contributed by atoms with van der Waals surface area (Å²) in [6, 6.07) is -0.163. The number of rotatable bonds is 0. The van der Waals surface area contributed by atoms with Gasteiger partial charge in [0.2, 0.25) is 0 Å². The fourth-order valence-corrected chi connectivity index (χ4v) is 0.749. The summed E-state index contributed by atoms with van der Waals surface area (Å²) in [5, 5.41) is 8.97. The Bertz CT molecular complexity index is 80.5. The zero-order chi connectivity index (χ0) is 8.69. The molecule has 0 aromatic carbocycles. The highest BCUT2D eigenvalue weighted by Gasteiger charge is 2.18. The first-order valence-corrected chi connectivity index (χ1v) is 3.93. The van der Waals surface area contributed by atoms with E-state index in [9.17, 15) is 0 Å². The van der Waals surface area contributed by atoms with Crippen molar-refractivity contribution in [3.8, 4) is 0 Å². The van der Waals surface area contributed by atoms with Gasteiger partial charge in [0, 0.05) is 6.61 Å². The van der Waals surface area contributed by atoms with Crippen molar-refractivity contribution in [3.63, 3.8) is 0 Å². The minimum absolute atomic E-state index is 0.163. The number of nitrogens with two attached hydrogens (primary N) is 2. The average Bonchev–Trinajstić information content (AvgIpc) is 1.97. The monoisotopic (exact) mass is 162 g/mol. The van der Waals surface area contributed by atoms with Gasteiger partial charge in [-0.25, -0.2) is 0 Å². The second-order valence-electron chi connectivity index (χ2n) is 2.50. The minimum atomic E-state index is -0.344. The number of aliphatic hydroxyl groups is 1. The topological polar surface area (TPSA) is 81.5 Å². The van der Waals surface area contributed by atoms with Gasteiger partial charge < -0.3 is 21.3 Å². The Labute approximate surface area is 67.5 Å². The van der Waals surface area contributed by atoms with Crippen molar-refractivity contribution >= 4 is 0 Å². The van der Waals surface area contributed by atoms with Gasteiger partial charge in [0.15, 0.2) is 0 Å². The number of hydrogen-bond donors (Lipinski definition) is 3. The van der Waals surface area contributed by atoms with E-state index in [1.807, 2.05) is 6.92 Å². The van der Waals surface area contributed by atoms with Gasteiger partial charge in [0.1, 0.15) is 0 Å². The van der Waals surface area contributed by atoms with E-state index in [0.29, 0.717) is 19.6 Å². The molecule has 1 saturated heterocycles. The second-order valence-corrected chi connectivity index (χ2v) is 2.50. The molecule has 2 atom stereocenters. The molecule has 0 aliphatic carbocycles. The van der Waals surface area contributed by atoms with E-state index >= 15 is 0 Å². The van der Waals surface area contributed by atoms with E-state index < -0.39 is 0 Å². The van der Waals surface area contributed by atoms with Crippen LogP contribution in [-0.4, -0.2) is 37.0 Å². The van der Waals surface area contributed by atoms with Crippen LogP contribution in [0.1, 0.15) is 13.3 Å². The number of hydrogen-bond acceptors (Lipinski definition) is 4. The van der Waals surface area contributed by atoms with Crippen molar-refractivity contribution in [3.05, 3.63) is 0 Å². The molecule has 0 saturated carbocycles. The summed E-state index contributed by atoms with van der Waals surface area (Å²) in [6.45, 7) is 3.80. The Morgan fingerprint density at radius 1 is 1.64 bits per heavy atom. The molecule has 1 rings (SSSR count). The summed E-state index contributed by atoms with van der Waals surface area (Å²) in [5.74, 6) is 0. The predicted octanol–water partition coefficient (Wildman–Crippen LogP) is -0.940. The number of aliphatic hydroxyl groups excluding tert-OH is 1. The van der Waals surface area contributed by atoms with Crippen molar-refractivity contribution in [2.45, 2.75) is 25.5 Å². The molecule has 11 heavy (non-hydrogen) atoms. The van der Waals surface area contributed by atoms with Crippen molar-refractivity contribution < 1.29 is 9.84 Å². The lowest BCUT2D eigenvalue weighted by Gasteiger charge is -2.23. The lowest BCUT2D eigenvalue weighted by Crippen LogP contribution is -2.43. The zero-order valence-electron chi connectivity index (χ0n) is 6.99. The molecule has 68 valence electrons. The predicted molar refractivity (Wildman–Crippen MR) is 44.1 cm³/mol. The molecule has 0 spiro atoms. The smallest absolute Gasteiger partial charge is 0.0735 e. The Hall–Kier alpha value is -0.160. The Morgan fingerprint density at radius 3 is 2.45 bits per heavy atom. The van der Waals surface area contributed by atoms with E-state index in [1.54, 1.807) is 0 Å². The molecule has 1 fully saturated rings. The Balaban J connectivity index is 0.000000292. The molecule has 1 unspecified atom stereocenters. The van der Waals surface area contributed by atoms with E-state index in [2.05, 4.69) is 0 Å². The number of ether oxygens (including phenoxy) is 1. The van der Waals surface area contributed by atoms with Crippen LogP contribution in [0, 0.1) is 0 Å². The second kappa shape index (κ2) is 6.54. The van der Waals surface area contributed by atoms with Gasteiger partial charge in [-0.05, 0) is 13.0 Å². The van der Waals surface area contributed by atoms with Crippen LogP contribution in [0.4, 0.5) is 0 Å². The fourth-order valence-electron chi connectivity index (χ4n) is 0.749. The van der Waals surface area contributed by atoms with Crippen LogP contribution in [0.2, 0.25) is 0 Å². The molecule has 1 aliphatic rings. The van der Waals surface area contributed by atoms with Gasteiger partial charge in [-0.3, -0.25) is 0 Å². The van der Waals surface area contributed by atoms with Crippen LogP contribution in [0.5, 0.6) is 0 Å². The summed E-state index contributed by atoms with van der Waals surface area (Å²) in [7, 11) is 0. The molecule has 5 N–H and O–H groups in total. The average molecular weight is 162 g/mol. The van der Waals surface area contributed by atoms with Crippen LogP contribution in [0.25, 0.3) is 0 Å². The van der Waals surface area contributed by atoms with Crippen LogP contribution in [0.3, 0.4) is 0 Å². The van der Waals surface area contributed by atoms with Gasteiger partial charge in [-0.2, -0.15) is 0 Å². The van der Waals surface area contributed by atoms with Crippen LogP contribution in [0.15, 0.2) is 0 Å². The van der Waals surface area contributed by atoms with Gasteiger partial charge in [0.25, 0.3) is 0 Å². The molecule has 0 bridgehead atoms. The Kier molecular flexibility index (Phi) is 6.45. The molecule has 1 aliphatic heterocycles. The molecule has 4 nitrogen and oxygen atoms in total. The maximum absolute atomic E-state index is 8.97. The first-order chi connectivity index (χ1) is 5.22. The highest BCUT2D eigenvalue weighted by molar-refractivity contribution is 4.74. The third kappa shape index (κ3) is 5.15. The molecule has 0 amide bonds. The quantitative estimate of drug-likeness (QED) is 0.429. The van der Waals surface area contributed by atoms with Gasteiger partial charge in [-0.15, -0.1) is 0 Å². The maximum atomic E-state index is 8.97. The molecule has 4 heteroatoms. The van der Waals surface area contributed by atoms with Crippen LogP contribution in [-0.2, 0) is 4.74 Å². The standard InChI is InChI=1S/C5H11NO2.C2H7N/c6-4-3-8-2-1-5(4)7;1-2-3/h4-5,7H,1-3,6H2;2-3H2,1H3/t4-,5?;/m0./s1. The van der Waals surface area contributed by atoms with Gasteiger partial charge >= 0.3 is 0 Å². The molecule has 0 aromatic rings. The summed E-state index contributed by atoms with van der Waals surface area (Å²) >= 11 is 0. The van der Waals surface area contributed by atoms with E-state index in [-0.39, 0.29) is 12.1 Å². The summed E-state index contributed by atoms with van der Waals surface area (Å²) in [4.78, 5) is 0. The minimum Gasteiger partial charge on any atom is -0.391 e. The third-order valence-electron chi connectivity index (χ3n) is 1.36. The SMILES string of the molecule is CCN.N[C@H]1COCCC1O. The first-order valence-electron chi connectivity index (χ1n) is 3.93. The molecule has 0 aromatic heterocycles. The molecule has 1 heterocycles. The van der Waals surface area contributed by atoms with E-state index in [4.69, 9.17) is 21.3 Å². The van der Waals surface area contributed by atoms with Crippen molar-refractivity contribution in [2.75, 3.05) is 19.8 Å². The normalized spacial score (nSPS) is 30.5. The van der Waals surface area contributed by atoms with Crippen molar-refractivity contribution in [1.29, 1.82) is 0 Å². The fraction of sp³-hybridized carbons (Fsp3) is 1.00. The van der Waals surface area contributed by atoms with E-state index in [0.717, 1.165) is 6.54 Å². The first kappa shape index (κ1) is 10.8. The van der Waals surface area contributed by atoms with Crippen LogP contribution < -0.4 is 11.5 Å². The van der Waals surface area contributed by atoms with Crippen molar-refractivity contribution in [2.24, 2.45) is 11.5 Å². The molecular formula is C7H18N2O2. The van der Waals surface area contributed by atoms with Crippen molar-refractivity contribution in [1.82, 2.24) is 0 Å². The summed E-state index contributed by atoms with van der Waals surface area (Å²) < 4.78 is 4.97. The highest BCUT2D eigenvalue weighted by Crippen LogP contribution is 2.03. The Morgan fingerprint density at radius 2 is 2.18 bits per heavy atom. The zero-order valence-corrected chi connectivity index (χ0v) is 6.99. The molecule has 0 radical (unpaired) electrons. The maximum Gasteiger partial charge on any atom is 0.0735 e. The van der Waals surface area contributed by atoms with Gasteiger partial charge in [-0.1, -0.05) is 6.92 Å². The van der Waals surface area contributed by atoms with Crippen LogP contribution >= 0.6 is 0 Å². The lowest BCUT2D eigenvalue weighted by atomic mass is 10.1. The van der Waals surface area contributed by atoms with E-state index in [1.165, 1.54) is 0 Å². The largest absolute Gasteiger partial charge is 0.391 e. The molecular weight excluding hydrogens is 144 g/mol. The lowest BCUT2D eigenvalue weighted by molar-refractivity contribution is -0.00319.